The molecule has 10 heavy (non-hydrogen) atoms. The summed E-state index contributed by atoms with van der Waals surface area (Å²) < 4.78 is 0. The Kier molecular flexibility index (Phi) is 12.6. The maximum atomic E-state index is 3.32. The largest absolute Gasteiger partial charge is 0.317 e. The molecule has 0 amide bonds. The molecular weight excluding hydrogens is 161 g/mol. The predicted octanol–water partition coefficient (Wildman–Crippen LogP) is 2.03. The minimum Gasteiger partial charge on any atom is -0.317 e. The Morgan fingerprint density at radius 1 is 1.10 bits per heavy atom. The van der Waals surface area contributed by atoms with E-state index in [0.29, 0.717) is 0 Å². The van der Waals surface area contributed by atoms with E-state index in [0.717, 1.165) is 5.92 Å². The topological polar surface area (TPSA) is 12.0 Å². The number of nitrogens with one attached hydrogen (secondary N) is 1. The first kappa shape index (κ1) is 13.2. The summed E-state index contributed by atoms with van der Waals surface area (Å²) in [7, 11) is 0. The molecule has 1 nitrogen and oxygen atoms in total. The molecule has 0 aromatic heterocycles. The molecule has 1 aliphatic heterocycles. The Bertz CT molecular complexity index is 51.2. The zero-order valence-electron chi connectivity index (χ0n) is 7.35. The van der Waals surface area contributed by atoms with Crippen LogP contribution in [0.15, 0.2) is 0 Å². The minimum absolute atomic E-state index is 0. The van der Waals surface area contributed by atoms with Gasteiger partial charge in [-0.05, 0) is 31.8 Å². The van der Waals surface area contributed by atoms with Crippen LogP contribution in [0.25, 0.3) is 0 Å². The second kappa shape index (κ2) is 9.54. The molecule has 61 valence electrons. The second-order valence-electron chi connectivity index (χ2n) is 2.43. The molecule has 1 saturated heterocycles. The summed E-state index contributed by atoms with van der Waals surface area (Å²) in [6.45, 7) is 8.79. The van der Waals surface area contributed by atoms with Crippen LogP contribution in [0, 0.1) is 5.92 Å². The van der Waals surface area contributed by atoms with Crippen LogP contribution in [0.3, 0.4) is 0 Å². The van der Waals surface area contributed by atoms with Gasteiger partial charge in [0.2, 0.25) is 0 Å². The van der Waals surface area contributed by atoms with Crippen molar-refractivity contribution in [2.24, 2.45) is 5.92 Å². The Morgan fingerprint density at radius 2 is 1.50 bits per heavy atom. The van der Waals surface area contributed by atoms with E-state index in [-0.39, 0.29) is 18.6 Å². The first-order valence-electron chi connectivity index (χ1n) is 4.10. The molecule has 1 N–H and O–H groups in total. The maximum absolute atomic E-state index is 3.32. The van der Waals surface area contributed by atoms with Gasteiger partial charge in [0.05, 0.1) is 0 Å². The van der Waals surface area contributed by atoms with Gasteiger partial charge in [0.15, 0.2) is 0 Å². The van der Waals surface area contributed by atoms with Crippen molar-refractivity contribution in [3.63, 3.8) is 0 Å². The predicted molar refractivity (Wildman–Crippen MR) is 42.6 cm³/mol. The molecule has 1 radical (unpaired) electrons. The van der Waals surface area contributed by atoms with Crippen molar-refractivity contribution in [2.75, 3.05) is 13.1 Å². The van der Waals surface area contributed by atoms with E-state index in [9.17, 15) is 0 Å². The van der Waals surface area contributed by atoms with Gasteiger partial charge in [-0.1, -0.05) is 20.8 Å². The van der Waals surface area contributed by atoms with Gasteiger partial charge in [-0.2, -0.15) is 0 Å². The molecule has 1 fully saturated rings. The van der Waals surface area contributed by atoms with Gasteiger partial charge < -0.3 is 5.32 Å². The maximum Gasteiger partial charge on any atom is 0 e. The fourth-order valence-corrected chi connectivity index (χ4v) is 0.966. The van der Waals surface area contributed by atoms with Crippen LogP contribution in [-0.2, 0) is 18.6 Å². The van der Waals surface area contributed by atoms with Crippen molar-refractivity contribution >= 4 is 0 Å². The molecule has 0 spiro atoms. The number of rotatable bonds is 0. The van der Waals surface area contributed by atoms with Gasteiger partial charge in [0, 0.05) is 18.6 Å². The quantitative estimate of drug-likeness (QED) is 0.601. The van der Waals surface area contributed by atoms with E-state index in [1.165, 1.54) is 25.9 Å². The summed E-state index contributed by atoms with van der Waals surface area (Å²) in [4.78, 5) is 0. The zero-order chi connectivity index (χ0) is 7.11. The van der Waals surface area contributed by atoms with Gasteiger partial charge in [0.1, 0.15) is 0 Å². The Hall–Kier alpha value is 0.544. The fraction of sp³-hybridized carbons (Fsp3) is 1.00. The third kappa shape index (κ3) is 6.66. The molecule has 0 aliphatic carbocycles. The molecule has 2 heteroatoms. The van der Waals surface area contributed by atoms with Crippen molar-refractivity contribution in [1.29, 1.82) is 0 Å². The summed E-state index contributed by atoms with van der Waals surface area (Å²) in [5.41, 5.74) is 0. The molecular formula is C8H19NV. The smallest absolute Gasteiger partial charge is 0 e. The standard InChI is InChI=1S/C6H13N.C2H6.V/c1-6-2-4-7-5-3-6;1-2;/h6-7H,2-5H2,1H3;1-2H3;. The van der Waals surface area contributed by atoms with Crippen LogP contribution in [0.2, 0.25) is 0 Å². The molecule has 0 aromatic carbocycles. The van der Waals surface area contributed by atoms with Gasteiger partial charge in [-0.15, -0.1) is 0 Å². The summed E-state index contributed by atoms with van der Waals surface area (Å²) in [6.07, 6.45) is 2.75. The van der Waals surface area contributed by atoms with Crippen molar-refractivity contribution in [1.82, 2.24) is 5.32 Å². The van der Waals surface area contributed by atoms with Crippen molar-refractivity contribution in [3.05, 3.63) is 0 Å². The third-order valence-corrected chi connectivity index (χ3v) is 1.63. The van der Waals surface area contributed by atoms with E-state index in [1.807, 2.05) is 13.8 Å². The fourth-order valence-electron chi connectivity index (χ4n) is 0.966. The van der Waals surface area contributed by atoms with Crippen LogP contribution in [-0.4, -0.2) is 13.1 Å². The summed E-state index contributed by atoms with van der Waals surface area (Å²) >= 11 is 0. The van der Waals surface area contributed by atoms with Crippen molar-refractivity contribution < 1.29 is 18.6 Å². The van der Waals surface area contributed by atoms with Gasteiger partial charge in [-0.25, -0.2) is 0 Å². The molecule has 0 atom stereocenters. The van der Waals surface area contributed by atoms with Crippen molar-refractivity contribution in [3.8, 4) is 0 Å². The van der Waals surface area contributed by atoms with E-state index >= 15 is 0 Å². The first-order chi connectivity index (χ1) is 4.39. The molecule has 0 saturated carbocycles. The SMILES string of the molecule is CC.CC1CCNCC1.[V]. The average molecular weight is 180 g/mol. The first-order valence-corrected chi connectivity index (χ1v) is 4.10. The van der Waals surface area contributed by atoms with Crippen LogP contribution in [0.4, 0.5) is 0 Å². The monoisotopic (exact) mass is 180 g/mol. The summed E-state index contributed by atoms with van der Waals surface area (Å²) in [5.74, 6) is 0.973. The third-order valence-electron chi connectivity index (χ3n) is 1.63. The van der Waals surface area contributed by atoms with Gasteiger partial charge in [0.25, 0.3) is 0 Å². The Morgan fingerprint density at radius 3 is 1.70 bits per heavy atom. The normalized spacial score (nSPS) is 18.3. The molecule has 1 rings (SSSR count). The van der Waals surface area contributed by atoms with Gasteiger partial charge in [-0.3, -0.25) is 0 Å². The number of hydrogen-bond acceptors (Lipinski definition) is 1. The van der Waals surface area contributed by atoms with Crippen LogP contribution in [0.5, 0.6) is 0 Å². The van der Waals surface area contributed by atoms with Crippen LogP contribution < -0.4 is 5.32 Å². The van der Waals surface area contributed by atoms with E-state index in [2.05, 4.69) is 12.2 Å². The zero-order valence-corrected chi connectivity index (χ0v) is 8.75. The van der Waals surface area contributed by atoms with Crippen LogP contribution >= 0.6 is 0 Å². The van der Waals surface area contributed by atoms with E-state index in [4.69, 9.17) is 0 Å². The number of hydrogen-bond donors (Lipinski definition) is 1. The van der Waals surface area contributed by atoms with Gasteiger partial charge >= 0.3 is 0 Å². The van der Waals surface area contributed by atoms with E-state index in [1.54, 1.807) is 0 Å². The molecule has 0 unspecified atom stereocenters. The Balaban J connectivity index is 0. The summed E-state index contributed by atoms with van der Waals surface area (Å²) in [5, 5.41) is 3.32. The Labute approximate surface area is 76.9 Å². The average Bonchev–Trinajstić information content (AvgIpc) is 1.94. The van der Waals surface area contributed by atoms with E-state index < -0.39 is 0 Å². The summed E-state index contributed by atoms with van der Waals surface area (Å²) in [6, 6.07) is 0. The molecule has 1 aliphatic rings. The molecule has 0 bridgehead atoms. The molecule has 0 aromatic rings. The second-order valence-corrected chi connectivity index (χ2v) is 2.43. The van der Waals surface area contributed by atoms with Crippen LogP contribution in [0.1, 0.15) is 33.6 Å². The van der Waals surface area contributed by atoms with Crippen molar-refractivity contribution in [2.45, 2.75) is 33.6 Å². The minimum atomic E-state index is 0. The number of piperidine rings is 1. The molecule has 1 heterocycles.